The summed E-state index contributed by atoms with van der Waals surface area (Å²) < 4.78 is 55.1. The van der Waals surface area contributed by atoms with E-state index >= 15 is 0 Å². The first kappa shape index (κ1) is 18.2. The zero-order valence-corrected chi connectivity index (χ0v) is 12.2. The highest BCUT2D eigenvalue weighted by Crippen LogP contribution is 2.43. The maximum absolute atomic E-state index is 14.9. The molecule has 0 aromatic carbocycles. The highest BCUT2D eigenvalue weighted by Gasteiger charge is 2.53. The van der Waals surface area contributed by atoms with Crippen molar-refractivity contribution in [2.24, 2.45) is 10.8 Å². The summed E-state index contributed by atoms with van der Waals surface area (Å²) in [6.07, 6.45) is -4.86. The molecule has 0 spiro atoms. The lowest BCUT2D eigenvalue weighted by molar-refractivity contribution is -0.201. The molecular formula is C13H22F4O2. The van der Waals surface area contributed by atoms with Crippen LogP contribution in [0.5, 0.6) is 0 Å². The summed E-state index contributed by atoms with van der Waals surface area (Å²) in [5, 5.41) is 0. The van der Waals surface area contributed by atoms with Crippen LogP contribution in [0.3, 0.4) is 0 Å². The highest BCUT2D eigenvalue weighted by molar-refractivity contribution is 5.80. The van der Waals surface area contributed by atoms with Gasteiger partial charge in [0.1, 0.15) is 0 Å². The van der Waals surface area contributed by atoms with E-state index in [0.29, 0.717) is 0 Å². The monoisotopic (exact) mass is 286 g/mol. The van der Waals surface area contributed by atoms with Gasteiger partial charge in [-0.3, -0.25) is 0 Å². The number of halogens is 4. The van der Waals surface area contributed by atoms with E-state index in [4.69, 9.17) is 0 Å². The molecule has 0 saturated heterocycles. The second-order valence-corrected chi connectivity index (χ2v) is 6.98. The molecule has 114 valence electrons. The fraction of sp³-hybridized carbons (Fsp3) is 0.923. The molecule has 0 rings (SSSR count). The van der Waals surface area contributed by atoms with Crippen molar-refractivity contribution >= 4 is 5.97 Å². The molecule has 0 aromatic rings. The average molecular weight is 286 g/mol. The Labute approximate surface area is 111 Å². The number of hydrogen-bond acceptors (Lipinski definition) is 2. The van der Waals surface area contributed by atoms with Crippen molar-refractivity contribution in [3.8, 4) is 0 Å². The van der Waals surface area contributed by atoms with Crippen molar-refractivity contribution < 1.29 is 27.1 Å². The molecule has 0 aliphatic heterocycles. The van der Waals surface area contributed by atoms with Crippen molar-refractivity contribution in [2.45, 2.75) is 59.8 Å². The number of esters is 1. The van der Waals surface area contributed by atoms with Gasteiger partial charge in [-0.2, -0.15) is 13.2 Å². The Kier molecular flexibility index (Phi) is 5.06. The first-order valence-corrected chi connectivity index (χ1v) is 6.01. The summed E-state index contributed by atoms with van der Waals surface area (Å²) in [5.41, 5.74) is -4.17. The van der Waals surface area contributed by atoms with Gasteiger partial charge in [0.25, 0.3) is 0 Å². The molecule has 0 N–H and O–H groups in total. The van der Waals surface area contributed by atoms with E-state index < -0.39 is 35.3 Å². The molecule has 0 saturated carbocycles. The Morgan fingerprint density at radius 1 is 0.947 bits per heavy atom. The van der Waals surface area contributed by atoms with Crippen LogP contribution in [0.25, 0.3) is 0 Å². The summed E-state index contributed by atoms with van der Waals surface area (Å²) in [4.78, 5) is 11.7. The highest BCUT2D eigenvalue weighted by atomic mass is 19.4. The minimum atomic E-state index is -4.66. The Hall–Kier alpha value is -0.810. The fourth-order valence-corrected chi connectivity index (χ4v) is 1.64. The second-order valence-electron chi connectivity index (χ2n) is 6.98. The molecule has 6 heteroatoms. The van der Waals surface area contributed by atoms with Crippen LogP contribution in [0, 0.1) is 10.8 Å². The largest absolute Gasteiger partial charge is 0.454 e. The minimum Gasteiger partial charge on any atom is -0.454 e. The van der Waals surface area contributed by atoms with Crippen molar-refractivity contribution in [2.75, 3.05) is 6.61 Å². The summed E-state index contributed by atoms with van der Waals surface area (Å²) in [6.45, 7) is 7.77. The van der Waals surface area contributed by atoms with Crippen LogP contribution in [-0.2, 0) is 9.53 Å². The maximum Gasteiger partial charge on any atom is 0.422 e. The van der Waals surface area contributed by atoms with E-state index in [1.807, 2.05) is 0 Å². The second kappa shape index (κ2) is 5.29. The molecule has 0 bridgehead atoms. The van der Waals surface area contributed by atoms with Crippen LogP contribution in [0.15, 0.2) is 0 Å². The predicted molar refractivity (Wildman–Crippen MR) is 64.4 cm³/mol. The molecule has 1 unspecified atom stereocenters. The molecule has 19 heavy (non-hydrogen) atoms. The molecule has 0 aliphatic carbocycles. The summed E-state index contributed by atoms with van der Waals surface area (Å²) in [6, 6.07) is 0. The first-order chi connectivity index (χ1) is 8.08. The molecule has 0 aromatic heterocycles. The molecule has 0 heterocycles. The number of ether oxygens (including phenoxy) is 1. The molecule has 0 fully saturated rings. The third-order valence-electron chi connectivity index (χ3n) is 2.65. The van der Waals surface area contributed by atoms with E-state index in [-0.39, 0.29) is 6.42 Å². The minimum absolute atomic E-state index is 0.208. The lowest BCUT2D eigenvalue weighted by Crippen LogP contribution is -2.50. The Morgan fingerprint density at radius 2 is 1.37 bits per heavy atom. The van der Waals surface area contributed by atoms with Gasteiger partial charge in [0, 0.05) is 5.41 Å². The van der Waals surface area contributed by atoms with E-state index in [1.54, 1.807) is 20.8 Å². The normalized spacial score (nSPS) is 16.9. The number of hydrogen-bond donors (Lipinski definition) is 0. The van der Waals surface area contributed by atoms with Crippen molar-refractivity contribution in [3.63, 3.8) is 0 Å². The van der Waals surface area contributed by atoms with E-state index in [2.05, 4.69) is 4.74 Å². The molecule has 1 atom stereocenters. The molecule has 0 amide bonds. The zero-order chi connectivity index (χ0) is 15.7. The maximum atomic E-state index is 14.9. The van der Waals surface area contributed by atoms with Gasteiger partial charge in [-0.25, -0.2) is 9.18 Å². The van der Waals surface area contributed by atoms with Gasteiger partial charge in [0.2, 0.25) is 5.67 Å². The van der Waals surface area contributed by atoms with E-state index in [0.717, 1.165) is 0 Å². The third-order valence-corrected chi connectivity index (χ3v) is 2.65. The molecule has 0 aliphatic rings. The van der Waals surface area contributed by atoms with Crippen LogP contribution in [-0.4, -0.2) is 24.4 Å². The Bertz CT molecular complexity index is 323. The van der Waals surface area contributed by atoms with Crippen molar-refractivity contribution in [3.05, 3.63) is 0 Å². The van der Waals surface area contributed by atoms with Gasteiger partial charge in [0.05, 0.1) is 0 Å². The molecular weight excluding hydrogens is 264 g/mol. The van der Waals surface area contributed by atoms with Crippen molar-refractivity contribution in [1.29, 1.82) is 0 Å². The first-order valence-electron chi connectivity index (χ1n) is 6.01. The Balaban J connectivity index is 5.12. The van der Waals surface area contributed by atoms with Crippen molar-refractivity contribution in [1.82, 2.24) is 0 Å². The molecule has 0 radical (unpaired) electrons. The summed E-state index contributed by atoms with van der Waals surface area (Å²) >= 11 is 0. The fourth-order valence-electron chi connectivity index (χ4n) is 1.64. The van der Waals surface area contributed by atoms with Gasteiger partial charge < -0.3 is 4.74 Å². The van der Waals surface area contributed by atoms with Crippen LogP contribution >= 0.6 is 0 Å². The standard InChI is InChI=1S/C13H22F4O2/c1-10(2,3)7-12(14,11(4,5)6)9(18)19-8-13(15,16)17/h7-8H2,1-6H3. The van der Waals surface area contributed by atoms with E-state index in [9.17, 15) is 22.4 Å². The number of alkyl halides is 4. The predicted octanol–water partition coefficient (Wildman–Crippen LogP) is 4.28. The van der Waals surface area contributed by atoms with Gasteiger partial charge in [-0.1, -0.05) is 41.5 Å². The lowest BCUT2D eigenvalue weighted by atomic mass is 9.70. The third kappa shape index (κ3) is 5.78. The smallest absolute Gasteiger partial charge is 0.422 e. The lowest BCUT2D eigenvalue weighted by Gasteiger charge is -2.39. The van der Waals surface area contributed by atoms with E-state index in [1.165, 1.54) is 20.8 Å². The zero-order valence-electron chi connectivity index (χ0n) is 12.2. The number of carbonyl (C=O) groups excluding carboxylic acids is 1. The number of rotatable bonds is 3. The SMILES string of the molecule is CC(C)(C)CC(F)(C(=O)OCC(F)(F)F)C(C)(C)C. The number of carbonyl (C=O) groups is 1. The van der Waals surface area contributed by atoms with Gasteiger partial charge in [-0.15, -0.1) is 0 Å². The molecule has 2 nitrogen and oxygen atoms in total. The Morgan fingerprint density at radius 3 is 1.63 bits per heavy atom. The quantitative estimate of drug-likeness (QED) is 0.571. The van der Waals surface area contributed by atoms with Crippen LogP contribution in [0.1, 0.15) is 48.0 Å². The average Bonchev–Trinajstić information content (AvgIpc) is 2.07. The summed E-state index contributed by atoms with van der Waals surface area (Å²) in [5.74, 6) is -1.45. The van der Waals surface area contributed by atoms with Gasteiger partial charge >= 0.3 is 12.1 Å². The topological polar surface area (TPSA) is 26.3 Å². The van der Waals surface area contributed by atoms with Gasteiger partial charge in [0.15, 0.2) is 6.61 Å². The van der Waals surface area contributed by atoms with Crippen LogP contribution in [0.2, 0.25) is 0 Å². The van der Waals surface area contributed by atoms with Crippen LogP contribution in [0.4, 0.5) is 17.6 Å². The van der Waals surface area contributed by atoms with Gasteiger partial charge in [-0.05, 0) is 11.8 Å². The summed E-state index contributed by atoms with van der Waals surface area (Å²) in [7, 11) is 0. The van der Waals surface area contributed by atoms with Crippen LogP contribution < -0.4 is 0 Å².